The summed E-state index contributed by atoms with van der Waals surface area (Å²) in [5.74, 6) is 0.397. The van der Waals surface area contributed by atoms with Crippen molar-refractivity contribution < 1.29 is 23.5 Å². The van der Waals surface area contributed by atoms with Crippen LogP contribution in [0, 0.1) is 5.82 Å². The van der Waals surface area contributed by atoms with Gasteiger partial charge in [0.25, 0.3) is 0 Å². The highest BCUT2D eigenvalue weighted by Gasteiger charge is 2.18. The summed E-state index contributed by atoms with van der Waals surface area (Å²) in [4.78, 5) is 38.4. The van der Waals surface area contributed by atoms with Gasteiger partial charge in [0.2, 0.25) is 6.41 Å². The van der Waals surface area contributed by atoms with E-state index in [1.165, 1.54) is 12.1 Å². The minimum absolute atomic E-state index is 0.115. The normalized spacial score (nSPS) is 13.4. The average Bonchev–Trinajstić information content (AvgIpc) is 3.02. The second-order valence-electron chi connectivity index (χ2n) is 9.61. The number of halogens is 1. The van der Waals surface area contributed by atoms with Gasteiger partial charge >= 0.3 is 0 Å². The largest absolute Gasteiger partial charge is 0.497 e. The average molecular weight is 576 g/mol. The quantitative estimate of drug-likeness (QED) is 0.166. The third-order valence-corrected chi connectivity index (χ3v) is 6.69. The van der Waals surface area contributed by atoms with Gasteiger partial charge in [0.15, 0.2) is 5.78 Å². The van der Waals surface area contributed by atoms with Crippen molar-refractivity contribution in [2.24, 2.45) is 0 Å². The van der Waals surface area contributed by atoms with E-state index >= 15 is 0 Å². The number of benzene rings is 3. The number of ketones is 1. The number of aldehydes is 1. The zero-order valence-electron chi connectivity index (χ0n) is 24.2. The van der Waals surface area contributed by atoms with Crippen molar-refractivity contribution >= 4 is 35.5 Å². The summed E-state index contributed by atoms with van der Waals surface area (Å²) in [5.41, 5.74) is 3.32. The molecular weight excluding hydrogens is 537 g/mol. The smallest absolute Gasteiger partial charge is 0.211 e. The van der Waals surface area contributed by atoms with Crippen molar-refractivity contribution in [1.29, 1.82) is 0 Å². The zero-order chi connectivity index (χ0) is 30.3. The van der Waals surface area contributed by atoms with Crippen LogP contribution in [0.2, 0.25) is 0 Å². The van der Waals surface area contributed by atoms with Crippen molar-refractivity contribution in [1.82, 2.24) is 10.2 Å². The van der Waals surface area contributed by atoms with Crippen molar-refractivity contribution in [2.45, 2.75) is 6.92 Å². The van der Waals surface area contributed by atoms with Crippen molar-refractivity contribution in [3.63, 3.8) is 0 Å². The monoisotopic (exact) mass is 575 g/mol. The van der Waals surface area contributed by atoms with E-state index < -0.39 is 0 Å². The Hall–Kier alpha value is -4.54. The summed E-state index contributed by atoms with van der Waals surface area (Å²) in [7, 11) is 3.53. The Labute approximate surface area is 246 Å². The Bertz CT molecular complexity index is 1360. The molecule has 0 radical (unpaired) electrons. The molecule has 0 bridgehead atoms. The van der Waals surface area contributed by atoms with Gasteiger partial charge in [0.1, 0.15) is 17.9 Å². The van der Waals surface area contributed by atoms with Gasteiger partial charge in [-0.3, -0.25) is 19.3 Å². The Morgan fingerprint density at radius 1 is 0.976 bits per heavy atom. The number of allylic oxidation sites excluding steroid dienone is 2. The number of hydrogen-bond acceptors (Lipinski definition) is 8. The molecule has 1 aliphatic heterocycles. The first-order valence-corrected chi connectivity index (χ1v) is 13.7. The molecule has 222 valence electrons. The minimum atomic E-state index is -0.165. The molecule has 42 heavy (non-hydrogen) atoms. The molecule has 3 aromatic carbocycles. The first-order valence-electron chi connectivity index (χ1n) is 13.7. The Morgan fingerprint density at radius 3 is 2.31 bits per heavy atom. The lowest BCUT2D eigenvalue weighted by atomic mass is 10.1. The molecule has 9 nitrogen and oxygen atoms in total. The summed E-state index contributed by atoms with van der Waals surface area (Å²) in [6.07, 6.45) is 2.67. The topological polar surface area (TPSA) is 103 Å². The molecule has 1 amide bonds. The molecule has 1 aliphatic rings. The van der Waals surface area contributed by atoms with Crippen LogP contribution in [0.3, 0.4) is 0 Å². The summed E-state index contributed by atoms with van der Waals surface area (Å²) in [6, 6.07) is 18.6. The Morgan fingerprint density at radius 2 is 1.69 bits per heavy atom. The maximum Gasteiger partial charge on any atom is 0.211 e. The van der Waals surface area contributed by atoms with Crippen LogP contribution in [0.15, 0.2) is 78.5 Å². The van der Waals surface area contributed by atoms with Crippen LogP contribution >= 0.6 is 0 Å². The van der Waals surface area contributed by atoms with E-state index in [9.17, 15) is 18.8 Å². The lowest BCUT2D eigenvalue weighted by Crippen LogP contribution is -2.48. The first kappa shape index (κ1) is 32.0. The summed E-state index contributed by atoms with van der Waals surface area (Å²) < 4.78 is 18.7. The van der Waals surface area contributed by atoms with E-state index in [2.05, 4.69) is 25.8 Å². The van der Waals surface area contributed by atoms with Gasteiger partial charge in [-0.1, -0.05) is 12.1 Å². The highest BCUT2D eigenvalue weighted by molar-refractivity contribution is 6.05. The second-order valence-corrected chi connectivity index (χ2v) is 9.61. The lowest BCUT2D eigenvalue weighted by Gasteiger charge is -2.36. The van der Waals surface area contributed by atoms with Gasteiger partial charge in [-0.2, -0.15) is 0 Å². The van der Waals surface area contributed by atoms with Crippen LogP contribution in [-0.2, 0) is 4.79 Å². The third-order valence-electron chi connectivity index (χ3n) is 6.69. The molecule has 4 rings (SSSR count). The highest BCUT2D eigenvalue weighted by atomic mass is 19.1. The van der Waals surface area contributed by atoms with Crippen molar-refractivity contribution in [3.05, 3.63) is 95.4 Å². The number of para-hydroxylation sites is 1. The van der Waals surface area contributed by atoms with E-state index in [0.29, 0.717) is 46.6 Å². The number of piperazine rings is 1. The maximum absolute atomic E-state index is 13.6. The fourth-order valence-electron chi connectivity index (χ4n) is 4.40. The number of anilines is 3. The standard InChI is InChI=1S/C19H18N2O4.C13H20FN3/c1-13(9-19(24)15-4-6-16(25-2)7-5-15)21-17-8-3-14(11-22)10-18(17)20-12-23;1-15-6-7-16-8-10-17(11-9-16)13-5-3-2-4-12(13)14/h3-12,21H,1-2H3,(H,20,23);2-5,15H,6-11H2,1H3/b13-9-;. The fourth-order valence-corrected chi connectivity index (χ4v) is 4.40. The van der Waals surface area contributed by atoms with Gasteiger partial charge in [-0.25, -0.2) is 4.39 Å². The van der Waals surface area contributed by atoms with Crippen LogP contribution in [-0.4, -0.2) is 76.8 Å². The second kappa shape index (κ2) is 16.7. The van der Waals surface area contributed by atoms with Gasteiger partial charge in [0.05, 0.1) is 24.2 Å². The van der Waals surface area contributed by atoms with Crippen LogP contribution in [0.5, 0.6) is 5.75 Å². The van der Waals surface area contributed by atoms with Gasteiger partial charge in [-0.15, -0.1) is 0 Å². The SMILES string of the molecule is CNCCN1CCN(c2ccccc2F)CC1.COc1ccc(C(=O)/C=C(/C)Nc2ccc(C=O)cc2NC=O)cc1. The predicted octanol–water partition coefficient (Wildman–Crippen LogP) is 4.44. The van der Waals surface area contributed by atoms with Crippen LogP contribution < -0.4 is 25.6 Å². The molecule has 0 unspecified atom stereocenters. The predicted molar refractivity (Wildman–Crippen MR) is 165 cm³/mol. The Kier molecular flexibility index (Phi) is 12.7. The molecule has 1 heterocycles. The number of nitrogens with zero attached hydrogens (tertiary/aromatic N) is 2. The Balaban J connectivity index is 0.000000247. The number of rotatable bonds is 12. The molecule has 0 spiro atoms. The summed E-state index contributed by atoms with van der Waals surface area (Å²) in [6.45, 7) is 7.66. The summed E-state index contributed by atoms with van der Waals surface area (Å²) >= 11 is 0. The summed E-state index contributed by atoms with van der Waals surface area (Å²) in [5, 5.41) is 8.73. The van der Waals surface area contributed by atoms with Gasteiger partial charge < -0.3 is 25.6 Å². The lowest BCUT2D eigenvalue weighted by molar-refractivity contribution is -0.105. The van der Waals surface area contributed by atoms with Gasteiger partial charge in [0, 0.05) is 62.2 Å². The molecule has 0 saturated carbocycles. The maximum atomic E-state index is 13.6. The molecule has 0 aromatic heterocycles. The van der Waals surface area contributed by atoms with E-state index in [-0.39, 0.29) is 11.6 Å². The fraction of sp³-hybridized carbons (Fsp3) is 0.281. The number of carbonyl (C=O) groups excluding carboxylic acids is 3. The number of carbonyl (C=O) groups is 3. The van der Waals surface area contributed by atoms with Crippen LogP contribution in [0.25, 0.3) is 0 Å². The molecule has 0 aliphatic carbocycles. The minimum Gasteiger partial charge on any atom is -0.497 e. The van der Waals surface area contributed by atoms with Gasteiger partial charge in [-0.05, 0) is 68.6 Å². The molecule has 3 aromatic rings. The molecule has 0 atom stereocenters. The molecule has 3 N–H and O–H groups in total. The van der Waals surface area contributed by atoms with E-state index in [0.717, 1.165) is 45.0 Å². The van der Waals surface area contributed by atoms with Crippen molar-refractivity contribution in [2.75, 3.05) is 69.0 Å². The highest BCUT2D eigenvalue weighted by Crippen LogP contribution is 2.24. The number of ether oxygens (including phenoxy) is 1. The molecule has 1 fully saturated rings. The van der Waals surface area contributed by atoms with E-state index in [1.807, 2.05) is 19.2 Å². The molecular formula is C32H38FN5O4. The molecule has 10 heteroatoms. The number of hydrogen-bond donors (Lipinski definition) is 3. The molecule has 1 saturated heterocycles. The first-order chi connectivity index (χ1) is 20.4. The third kappa shape index (κ3) is 9.53. The number of likely N-dealkylation sites (N-methyl/N-ethyl adjacent to an activating group) is 1. The van der Waals surface area contributed by atoms with Crippen molar-refractivity contribution in [3.8, 4) is 5.75 Å². The zero-order valence-corrected chi connectivity index (χ0v) is 24.2. The van der Waals surface area contributed by atoms with E-state index in [4.69, 9.17) is 4.74 Å². The van der Waals surface area contributed by atoms with Crippen LogP contribution in [0.1, 0.15) is 27.6 Å². The number of methoxy groups -OCH3 is 1. The van der Waals surface area contributed by atoms with Crippen LogP contribution in [0.4, 0.5) is 21.5 Å². The number of nitrogens with one attached hydrogen (secondary N) is 3. The number of amides is 1. The van der Waals surface area contributed by atoms with E-state index in [1.54, 1.807) is 62.6 Å².